The molecule has 1 aromatic heterocycles. The first-order chi connectivity index (χ1) is 24.8. The van der Waals surface area contributed by atoms with Gasteiger partial charge in [0.25, 0.3) is 0 Å². The van der Waals surface area contributed by atoms with Crippen LogP contribution in [-0.2, 0) is 0 Å². The van der Waals surface area contributed by atoms with E-state index in [0.717, 1.165) is 44.2 Å². The Labute approximate surface area is 292 Å². The van der Waals surface area contributed by atoms with Gasteiger partial charge in [-0.3, -0.25) is 0 Å². The van der Waals surface area contributed by atoms with Crippen LogP contribution in [0.3, 0.4) is 0 Å². The summed E-state index contributed by atoms with van der Waals surface area (Å²) in [7, 11) is 0. The minimum Gasteiger partial charge on any atom is -0.228 e. The van der Waals surface area contributed by atoms with Crippen molar-refractivity contribution in [1.82, 2.24) is 9.97 Å². The van der Waals surface area contributed by atoms with E-state index in [1.54, 1.807) is 0 Å². The Morgan fingerprint density at radius 3 is 1.32 bits per heavy atom. The van der Waals surface area contributed by atoms with E-state index in [0.29, 0.717) is 5.82 Å². The normalized spacial score (nSPS) is 11.2. The second kappa shape index (κ2) is 12.8. The van der Waals surface area contributed by atoms with Crippen LogP contribution in [0.1, 0.15) is 0 Å². The maximum Gasteiger partial charge on any atom is 0.160 e. The highest BCUT2D eigenvalue weighted by atomic mass is 14.9. The summed E-state index contributed by atoms with van der Waals surface area (Å²) >= 11 is 0. The number of hydrogen-bond acceptors (Lipinski definition) is 2. The maximum atomic E-state index is 5.30. The molecule has 0 unspecified atom stereocenters. The Balaban J connectivity index is 1.11. The Hall–Kier alpha value is -6.64. The van der Waals surface area contributed by atoms with Gasteiger partial charge in [0.15, 0.2) is 5.82 Å². The Kier molecular flexibility index (Phi) is 7.53. The maximum absolute atomic E-state index is 5.30. The van der Waals surface area contributed by atoms with Crippen LogP contribution < -0.4 is 0 Å². The molecule has 0 N–H and O–H groups in total. The average Bonchev–Trinajstić information content (AvgIpc) is 3.21. The van der Waals surface area contributed by atoms with Crippen molar-refractivity contribution in [3.05, 3.63) is 194 Å². The van der Waals surface area contributed by atoms with Crippen molar-refractivity contribution in [2.75, 3.05) is 0 Å². The van der Waals surface area contributed by atoms with Crippen LogP contribution in [-0.4, -0.2) is 9.97 Å². The van der Waals surface area contributed by atoms with Gasteiger partial charge in [0.05, 0.1) is 11.2 Å². The molecule has 2 nitrogen and oxygen atoms in total. The van der Waals surface area contributed by atoms with E-state index in [1.807, 2.05) is 0 Å². The predicted octanol–water partition coefficient (Wildman–Crippen LogP) is 12.8. The largest absolute Gasteiger partial charge is 0.228 e. The molecular formula is C48H32N2. The summed E-state index contributed by atoms with van der Waals surface area (Å²) in [5, 5.41) is 3.40. The summed E-state index contributed by atoms with van der Waals surface area (Å²) in [6.07, 6.45) is 0. The highest BCUT2D eigenvalue weighted by molar-refractivity contribution is 6.12. The molecule has 0 bridgehead atoms. The molecule has 0 amide bonds. The third kappa shape index (κ3) is 5.63. The highest BCUT2D eigenvalue weighted by Gasteiger charge is 2.15. The van der Waals surface area contributed by atoms with E-state index >= 15 is 0 Å². The van der Waals surface area contributed by atoms with Gasteiger partial charge in [-0.1, -0.05) is 170 Å². The summed E-state index contributed by atoms with van der Waals surface area (Å²) in [6, 6.07) is 68.7. The zero-order valence-corrected chi connectivity index (χ0v) is 27.4. The van der Waals surface area contributed by atoms with Crippen molar-refractivity contribution in [1.29, 1.82) is 0 Å². The number of rotatable bonds is 6. The molecule has 0 aliphatic carbocycles. The van der Waals surface area contributed by atoms with E-state index in [4.69, 9.17) is 9.97 Å². The van der Waals surface area contributed by atoms with Crippen molar-refractivity contribution in [3.63, 3.8) is 0 Å². The van der Waals surface area contributed by atoms with Crippen LogP contribution in [0.4, 0.5) is 0 Å². The van der Waals surface area contributed by atoms with Crippen molar-refractivity contribution in [2.45, 2.75) is 0 Å². The molecule has 0 saturated carbocycles. The first-order valence-corrected chi connectivity index (χ1v) is 17.0. The topological polar surface area (TPSA) is 25.8 Å². The highest BCUT2D eigenvalue weighted by Crippen LogP contribution is 2.37. The van der Waals surface area contributed by atoms with Gasteiger partial charge in [0, 0.05) is 16.5 Å². The summed E-state index contributed by atoms with van der Waals surface area (Å²) in [6.45, 7) is 0. The molecule has 0 atom stereocenters. The van der Waals surface area contributed by atoms with E-state index in [-0.39, 0.29) is 0 Å². The fourth-order valence-electron chi connectivity index (χ4n) is 6.92. The monoisotopic (exact) mass is 636 g/mol. The lowest BCUT2D eigenvalue weighted by Crippen LogP contribution is -1.96. The SMILES string of the molecule is c1ccc(-c2cccc(-c3cccc(-c4ccc(-c5nc(-c6cccc(-c7ccccc7)c6)c6c(ccc7ccccc76)n5)cc4)c3)c2)cc1. The molecular weight excluding hydrogens is 605 g/mol. The summed E-state index contributed by atoms with van der Waals surface area (Å²) in [5.74, 6) is 0.714. The van der Waals surface area contributed by atoms with Crippen LogP contribution >= 0.6 is 0 Å². The fourth-order valence-corrected chi connectivity index (χ4v) is 6.92. The third-order valence-electron chi connectivity index (χ3n) is 9.47. The molecule has 234 valence electrons. The van der Waals surface area contributed by atoms with Gasteiger partial charge in [-0.25, -0.2) is 9.97 Å². The lowest BCUT2D eigenvalue weighted by Gasteiger charge is -2.13. The van der Waals surface area contributed by atoms with Crippen molar-refractivity contribution in [3.8, 4) is 67.2 Å². The first kappa shape index (κ1) is 29.5. The number of fused-ring (bicyclic) bond motifs is 3. The van der Waals surface area contributed by atoms with E-state index in [2.05, 4.69) is 194 Å². The van der Waals surface area contributed by atoms with Gasteiger partial charge < -0.3 is 0 Å². The number of benzene rings is 8. The van der Waals surface area contributed by atoms with Crippen LogP contribution in [0.15, 0.2) is 194 Å². The lowest BCUT2D eigenvalue weighted by molar-refractivity contribution is 1.23. The zero-order valence-electron chi connectivity index (χ0n) is 27.4. The molecule has 9 rings (SSSR count). The third-order valence-corrected chi connectivity index (χ3v) is 9.47. The van der Waals surface area contributed by atoms with Crippen molar-refractivity contribution in [2.24, 2.45) is 0 Å². The minimum absolute atomic E-state index is 0.714. The molecule has 1 heterocycles. The molecule has 0 spiro atoms. The predicted molar refractivity (Wildman–Crippen MR) is 210 cm³/mol. The van der Waals surface area contributed by atoms with Gasteiger partial charge in [0.1, 0.15) is 0 Å². The standard InChI is InChI=1S/C48H32N2/c1-3-12-33(13-4-1)38-17-9-20-41(30-38)42-21-10-18-39(31-42)35-24-26-37(27-25-35)48-49-45-29-28-36-16-7-8-23-44(36)46(45)47(50-48)43-22-11-19-40(32-43)34-14-5-2-6-15-34/h1-32H. The molecule has 50 heavy (non-hydrogen) atoms. The molecule has 8 aromatic carbocycles. The van der Waals surface area contributed by atoms with E-state index in [9.17, 15) is 0 Å². The van der Waals surface area contributed by atoms with Crippen LogP contribution in [0, 0.1) is 0 Å². The van der Waals surface area contributed by atoms with Crippen LogP contribution in [0.2, 0.25) is 0 Å². The Bertz CT molecular complexity index is 2620. The summed E-state index contributed by atoms with van der Waals surface area (Å²) in [4.78, 5) is 10.4. The summed E-state index contributed by atoms with van der Waals surface area (Å²) < 4.78 is 0. The smallest absolute Gasteiger partial charge is 0.160 e. The minimum atomic E-state index is 0.714. The fraction of sp³-hybridized carbons (Fsp3) is 0. The first-order valence-electron chi connectivity index (χ1n) is 17.0. The van der Waals surface area contributed by atoms with Gasteiger partial charge in [-0.05, 0) is 79.5 Å². The number of hydrogen-bond donors (Lipinski definition) is 0. The molecule has 2 heteroatoms. The summed E-state index contributed by atoms with van der Waals surface area (Å²) in [5.41, 5.74) is 13.4. The van der Waals surface area contributed by atoms with Gasteiger partial charge in [0.2, 0.25) is 0 Å². The van der Waals surface area contributed by atoms with Crippen molar-refractivity contribution < 1.29 is 0 Å². The molecule has 9 aromatic rings. The van der Waals surface area contributed by atoms with Gasteiger partial charge in [-0.2, -0.15) is 0 Å². The van der Waals surface area contributed by atoms with Crippen molar-refractivity contribution >= 4 is 21.7 Å². The van der Waals surface area contributed by atoms with E-state index < -0.39 is 0 Å². The Morgan fingerprint density at radius 2 is 0.720 bits per heavy atom. The van der Waals surface area contributed by atoms with Crippen LogP contribution in [0.25, 0.3) is 88.8 Å². The molecule has 0 saturated heterocycles. The Morgan fingerprint density at radius 1 is 0.280 bits per heavy atom. The second-order valence-electron chi connectivity index (χ2n) is 12.6. The molecule has 0 fully saturated rings. The van der Waals surface area contributed by atoms with Gasteiger partial charge in [-0.15, -0.1) is 0 Å². The van der Waals surface area contributed by atoms with Crippen LogP contribution in [0.5, 0.6) is 0 Å². The molecule has 0 aliphatic heterocycles. The molecule has 0 radical (unpaired) electrons. The second-order valence-corrected chi connectivity index (χ2v) is 12.6. The average molecular weight is 637 g/mol. The quantitative estimate of drug-likeness (QED) is 0.170. The zero-order chi connectivity index (χ0) is 33.3. The van der Waals surface area contributed by atoms with E-state index in [1.165, 1.54) is 38.8 Å². The molecule has 0 aliphatic rings. The number of aromatic nitrogens is 2. The lowest BCUT2D eigenvalue weighted by atomic mass is 9.95. The van der Waals surface area contributed by atoms with Gasteiger partial charge >= 0.3 is 0 Å². The number of nitrogens with zero attached hydrogens (tertiary/aromatic N) is 2.